The van der Waals surface area contributed by atoms with Crippen LogP contribution in [0.5, 0.6) is 0 Å². The largest absolute Gasteiger partial charge is 0.333 e. The summed E-state index contributed by atoms with van der Waals surface area (Å²) in [6.07, 6.45) is 0.256. The minimum atomic E-state index is -0.413. The van der Waals surface area contributed by atoms with E-state index in [1.165, 1.54) is 24.3 Å². The van der Waals surface area contributed by atoms with Crippen molar-refractivity contribution in [1.29, 1.82) is 0 Å². The number of nitrogens with zero attached hydrogens (tertiary/aromatic N) is 1. The number of hydrogen-bond donors (Lipinski definition) is 2. The van der Waals surface area contributed by atoms with E-state index in [9.17, 15) is 14.0 Å². The zero-order chi connectivity index (χ0) is 16.2. The van der Waals surface area contributed by atoms with Gasteiger partial charge in [-0.2, -0.15) is 0 Å². The van der Waals surface area contributed by atoms with E-state index in [0.717, 1.165) is 5.69 Å². The Balaban J connectivity index is 1.57. The average molecular weight is 313 g/mol. The lowest BCUT2D eigenvalue weighted by molar-refractivity contribution is -0.117. The molecule has 2 aromatic rings. The fourth-order valence-electron chi connectivity index (χ4n) is 2.55. The molecule has 5 nitrogen and oxygen atoms in total. The highest BCUT2D eigenvalue weighted by Crippen LogP contribution is 2.21. The standard InChI is InChI=1S/C17H16FN3O2/c18-12-6-8-13(9-7-12)19-17(23)20-14-10-16(22)21(11-14)15-4-2-1-3-5-15/h1-9,14H,10-11H2,(H2,19,20,23). The number of nitrogens with one attached hydrogen (secondary N) is 2. The van der Waals surface area contributed by atoms with Crippen LogP contribution < -0.4 is 15.5 Å². The molecule has 1 aliphatic heterocycles. The fraction of sp³-hybridized carbons (Fsp3) is 0.176. The summed E-state index contributed by atoms with van der Waals surface area (Å²) in [5.41, 5.74) is 1.31. The van der Waals surface area contributed by atoms with Crippen LogP contribution >= 0.6 is 0 Å². The lowest BCUT2D eigenvalue weighted by Crippen LogP contribution is -2.39. The number of rotatable bonds is 3. The monoisotopic (exact) mass is 313 g/mol. The Morgan fingerprint density at radius 2 is 1.78 bits per heavy atom. The molecular weight excluding hydrogens is 297 g/mol. The van der Waals surface area contributed by atoms with Gasteiger partial charge in [-0.25, -0.2) is 9.18 Å². The molecule has 118 valence electrons. The van der Waals surface area contributed by atoms with E-state index in [1.54, 1.807) is 4.90 Å². The highest BCUT2D eigenvalue weighted by Gasteiger charge is 2.31. The molecule has 1 unspecified atom stereocenters. The molecule has 0 saturated carbocycles. The smallest absolute Gasteiger partial charge is 0.319 e. The number of benzene rings is 2. The minimum Gasteiger partial charge on any atom is -0.333 e. The third-order valence-electron chi connectivity index (χ3n) is 3.63. The van der Waals surface area contributed by atoms with Crippen LogP contribution in [0.3, 0.4) is 0 Å². The number of carbonyl (C=O) groups is 2. The summed E-state index contributed by atoms with van der Waals surface area (Å²) < 4.78 is 12.8. The van der Waals surface area contributed by atoms with Crippen LogP contribution in [0.2, 0.25) is 0 Å². The normalized spacial score (nSPS) is 17.2. The molecule has 1 aliphatic rings. The molecule has 0 radical (unpaired) electrons. The number of hydrogen-bond acceptors (Lipinski definition) is 2. The number of carbonyl (C=O) groups excluding carboxylic acids is 2. The molecule has 0 bridgehead atoms. The average Bonchev–Trinajstić information content (AvgIpc) is 2.91. The number of halogens is 1. The first-order valence-electron chi connectivity index (χ1n) is 7.30. The van der Waals surface area contributed by atoms with E-state index in [-0.39, 0.29) is 24.2 Å². The summed E-state index contributed by atoms with van der Waals surface area (Å²) in [6, 6.07) is 14.2. The van der Waals surface area contributed by atoms with Gasteiger partial charge in [0.05, 0.1) is 6.04 Å². The van der Waals surface area contributed by atoms with Crippen LogP contribution in [0.15, 0.2) is 54.6 Å². The van der Waals surface area contributed by atoms with Crippen molar-refractivity contribution >= 4 is 23.3 Å². The molecule has 6 heteroatoms. The maximum atomic E-state index is 12.8. The molecule has 3 rings (SSSR count). The van der Waals surface area contributed by atoms with Crippen LogP contribution in [0.25, 0.3) is 0 Å². The van der Waals surface area contributed by atoms with Gasteiger partial charge in [0.2, 0.25) is 5.91 Å². The summed E-state index contributed by atoms with van der Waals surface area (Å²) in [5.74, 6) is -0.390. The van der Waals surface area contributed by atoms with E-state index in [2.05, 4.69) is 10.6 Å². The zero-order valence-corrected chi connectivity index (χ0v) is 12.3. The van der Waals surface area contributed by atoms with Crippen LogP contribution in [0, 0.1) is 5.82 Å². The second-order valence-electron chi connectivity index (χ2n) is 5.35. The molecule has 0 aromatic heterocycles. The van der Waals surface area contributed by atoms with Crippen molar-refractivity contribution in [3.05, 3.63) is 60.4 Å². The Bertz CT molecular complexity index is 704. The Hall–Kier alpha value is -2.89. The third kappa shape index (κ3) is 3.66. The second kappa shape index (κ2) is 6.48. The Morgan fingerprint density at radius 1 is 1.09 bits per heavy atom. The number of anilines is 2. The number of urea groups is 1. The minimum absolute atomic E-state index is 0.0247. The highest BCUT2D eigenvalue weighted by atomic mass is 19.1. The summed E-state index contributed by atoms with van der Waals surface area (Å²) in [5, 5.41) is 5.38. The Morgan fingerprint density at radius 3 is 2.48 bits per heavy atom. The molecule has 0 spiro atoms. The molecule has 0 aliphatic carbocycles. The molecular formula is C17H16FN3O2. The molecule has 23 heavy (non-hydrogen) atoms. The predicted molar refractivity (Wildman–Crippen MR) is 85.8 cm³/mol. The number of amides is 3. The highest BCUT2D eigenvalue weighted by molar-refractivity contribution is 5.97. The van der Waals surface area contributed by atoms with Gasteiger partial charge in [-0.3, -0.25) is 4.79 Å². The second-order valence-corrected chi connectivity index (χ2v) is 5.35. The van der Waals surface area contributed by atoms with Crippen LogP contribution in [-0.2, 0) is 4.79 Å². The van der Waals surface area contributed by atoms with Crippen LogP contribution in [0.4, 0.5) is 20.6 Å². The van der Waals surface area contributed by atoms with Gasteiger partial charge in [0.25, 0.3) is 0 Å². The molecule has 1 fully saturated rings. The maximum Gasteiger partial charge on any atom is 0.319 e. The van der Waals surface area contributed by atoms with Crippen molar-refractivity contribution in [1.82, 2.24) is 5.32 Å². The van der Waals surface area contributed by atoms with Crippen LogP contribution in [-0.4, -0.2) is 24.5 Å². The fourth-order valence-corrected chi connectivity index (χ4v) is 2.55. The summed E-state index contributed by atoms with van der Waals surface area (Å²) >= 11 is 0. The van der Waals surface area contributed by atoms with Crippen molar-refractivity contribution in [2.24, 2.45) is 0 Å². The Labute approximate surface area is 133 Å². The van der Waals surface area contributed by atoms with Gasteiger partial charge < -0.3 is 15.5 Å². The maximum absolute atomic E-state index is 12.8. The quantitative estimate of drug-likeness (QED) is 0.915. The van der Waals surface area contributed by atoms with E-state index >= 15 is 0 Å². The van der Waals surface area contributed by atoms with E-state index in [4.69, 9.17) is 0 Å². The van der Waals surface area contributed by atoms with Crippen LogP contribution in [0.1, 0.15) is 6.42 Å². The van der Waals surface area contributed by atoms with Gasteiger partial charge in [-0.05, 0) is 36.4 Å². The lowest BCUT2D eigenvalue weighted by Gasteiger charge is -2.17. The van der Waals surface area contributed by atoms with Gasteiger partial charge in [0, 0.05) is 24.3 Å². The summed E-state index contributed by atoms with van der Waals surface area (Å²) in [4.78, 5) is 25.7. The molecule has 1 saturated heterocycles. The first-order valence-corrected chi connectivity index (χ1v) is 7.30. The summed E-state index contributed by atoms with van der Waals surface area (Å²) in [7, 11) is 0. The van der Waals surface area contributed by atoms with Gasteiger partial charge in [0.1, 0.15) is 5.82 Å². The lowest BCUT2D eigenvalue weighted by atomic mass is 10.2. The van der Waals surface area contributed by atoms with E-state index < -0.39 is 6.03 Å². The zero-order valence-electron chi connectivity index (χ0n) is 12.3. The van der Waals surface area contributed by atoms with Gasteiger partial charge in [-0.15, -0.1) is 0 Å². The van der Waals surface area contributed by atoms with Crippen molar-refractivity contribution < 1.29 is 14.0 Å². The summed E-state index contributed by atoms with van der Waals surface area (Å²) in [6.45, 7) is 0.430. The topological polar surface area (TPSA) is 61.4 Å². The van der Waals surface area contributed by atoms with Crippen molar-refractivity contribution in [2.75, 3.05) is 16.8 Å². The molecule has 3 amide bonds. The third-order valence-corrected chi connectivity index (χ3v) is 3.63. The van der Waals surface area contributed by atoms with Gasteiger partial charge in [0.15, 0.2) is 0 Å². The Kier molecular flexibility index (Phi) is 4.23. The first-order chi connectivity index (χ1) is 11.1. The predicted octanol–water partition coefficient (Wildman–Crippen LogP) is 2.75. The van der Waals surface area contributed by atoms with Gasteiger partial charge >= 0.3 is 6.03 Å². The van der Waals surface area contributed by atoms with Gasteiger partial charge in [-0.1, -0.05) is 18.2 Å². The van der Waals surface area contributed by atoms with Crippen molar-refractivity contribution in [3.8, 4) is 0 Å². The first kappa shape index (κ1) is 15.0. The molecule has 2 aromatic carbocycles. The molecule has 1 heterocycles. The SMILES string of the molecule is O=C(Nc1ccc(F)cc1)NC1CC(=O)N(c2ccccc2)C1. The van der Waals surface area contributed by atoms with E-state index in [1.807, 2.05) is 30.3 Å². The number of para-hydroxylation sites is 1. The molecule has 2 N–H and O–H groups in total. The van der Waals surface area contributed by atoms with Crippen molar-refractivity contribution in [3.63, 3.8) is 0 Å². The van der Waals surface area contributed by atoms with Crippen molar-refractivity contribution in [2.45, 2.75) is 12.5 Å². The molecule has 1 atom stereocenters. The van der Waals surface area contributed by atoms with E-state index in [0.29, 0.717) is 12.2 Å².